The third-order valence-corrected chi connectivity index (χ3v) is 4.87. The number of halogens is 1. The first-order valence-corrected chi connectivity index (χ1v) is 8.99. The number of carbonyl (C=O) groups excluding carboxylic acids is 1. The van der Waals surface area contributed by atoms with Gasteiger partial charge in [-0.05, 0) is 37.0 Å². The summed E-state index contributed by atoms with van der Waals surface area (Å²) in [5.41, 5.74) is 0.946. The van der Waals surface area contributed by atoms with Gasteiger partial charge < -0.3 is 10.1 Å². The summed E-state index contributed by atoms with van der Waals surface area (Å²) >= 11 is 6.07. The molecule has 1 aliphatic rings. The Bertz CT molecular complexity index is 524. The maximum Gasteiger partial charge on any atom is 0.249 e. The average molecular weight is 338 g/mol. The highest BCUT2D eigenvalue weighted by Gasteiger charge is 2.27. The zero-order valence-electron chi connectivity index (χ0n) is 14.4. The molecular formula is C19H28ClNO2. The molecule has 1 aromatic rings. The van der Waals surface area contributed by atoms with Crippen molar-refractivity contribution in [1.29, 1.82) is 0 Å². The Morgan fingerprint density at radius 1 is 1.39 bits per heavy atom. The number of hydrogen-bond acceptors (Lipinski definition) is 2. The summed E-state index contributed by atoms with van der Waals surface area (Å²) in [6.07, 6.45) is 5.21. The molecule has 0 bridgehead atoms. The van der Waals surface area contributed by atoms with E-state index in [-0.39, 0.29) is 23.5 Å². The van der Waals surface area contributed by atoms with Gasteiger partial charge in [-0.2, -0.15) is 0 Å². The van der Waals surface area contributed by atoms with E-state index in [0.717, 1.165) is 23.4 Å². The van der Waals surface area contributed by atoms with E-state index in [1.807, 2.05) is 31.2 Å². The summed E-state index contributed by atoms with van der Waals surface area (Å²) < 4.78 is 5.98. The van der Waals surface area contributed by atoms with Crippen molar-refractivity contribution in [3.05, 3.63) is 34.9 Å². The maximum absolute atomic E-state index is 12.4. The first-order valence-electron chi connectivity index (χ1n) is 8.61. The standard InChI is InChI=1S/C19H28ClNO2/c1-4-17(23-16-10-5-6-11-16)18(22)21-13-19(2,3)14-8-7-9-15(20)12-14/h7-9,12,16-17H,4-6,10-11,13H2,1-3H3,(H,21,22). The van der Waals surface area contributed by atoms with Crippen LogP contribution in [0.3, 0.4) is 0 Å². The van der Waals surface area contributed by atoms with Crippen LogP contribution in [0.15, 0.2) is 24.3 Å². The molecule has 1 unspecified atom stereocenters. The van der Waals surface area contributed by atoms with Crippen LogP contribution in [-0.4, -0.2) is 24.7 Å². The van der Waals surface area contributed by atoms with Crippen LogP contribution >= 0.6 is 11.6 Å². The summed E-state index contributed by atoms with van der Waals surface area (Å²) in [6.45, 7) is 6.79. The van der Waals surface area contributed by atoms with E-state index in [1.54, 1.807) is 0 Å². The molecule has 0 radical (unpaired) electrons. The molecule has 1 aliphatic carbocycles. The topological polar surface area (TPSA) is 38.3 Å². The van der Waals surface area contributed by atoms with Gasteiger partial charge in [-0.25, -0.2) is 0 Å². The Labute approximate surface area is 144 Å². The Morgan fingerprint density at radius 2 is 2.09 bits per heavy atom. The van der Waals surface area contributed by atoms with Gasteiger partial charge in [0.25, 0.3) is 0 Å². The minimum Gasteiger partial charge on any atom is -0.365 e. The lowest BCUT2D eigenvalue weighted by atomic mass is 9.84. The highest BCUT2D eigenvalue weighted by molar-refractivity contribution is 6.30. The number of ether oxygens (including phenoxy) is 1. The van der Waals surface area contributed by atoms with Gasteiger partial charge in [-0.3, -0.25) is 4.79 Å². The Hall–Kier alpha value is -1.06. The highest BCUT2D eigenvalue weighted by Crippen LogP contribution is 2.25. The Morgan fingerprint density at radius 3 is 2.70 bits per heavy atom. The molecule has 3 nitrogen and oxygen atoms in total. The van der Waals surface area contributed by atoms with E-state index in [0.29, 0.717) is 13.0 Å². The zero-order chi connectivity index (χ0) is 16.9. The van der Waals surface area contributed by atoms with Crippen LogP contribution in [0.2, 0.25) is 5.02 Å². The molecule has 1 fully saturated rings. The van der Waals surface area contributed by atoms with E-state index in [4.69, 9.17) is 16.3 Å². The van der Waals surface area contributed by atoms with Gasteiger partial charge in [-0.15, -0.1) is 0 Å². The fourth-order valence-corrected chi connectivity index (χ4v) is 3.22. The van der Waals surface area contributed by atoms with Gasteiger partial charge in [-0.1, -0.05) is 57.3 Å². The van der Waals surface area contributed by atoms with E-state index in [2.05, 4.69) is 19.2 Å². The molecule has 1 amide bonds. The fourth-order valence-electron chi connectivity index (χ4n) is 3.03. The van der Waals surface area contributed by atoms with Crippen molar-refractivity contribution in [2.45, 2.75) is 70.5 Å². The molecule has 4 heteroatoms. The molecule has 1 saturated carbocycles. The Kier molecular flexibility index (Phi) is 6.49. The highest BCUT2D eigenvalue weighted by atomic mass is 35.5. The normalized spacial score (nSPS) is 17.2. The monoisotopic (exact) mass is 337 g/mol. The van der Waals surface area contributed by atoms with Crippen LogP contribution in [-0.2, 0) is 14.9 Å². The number of amides is 1. The van der Waals surface area contributed by atoms with Gasteiger partial charge in [0, 0.05) is 17.0 Å². The van der Waals surface area contributed by atoms with Crippen molar-refractivity contribution >= 4 is 17.5 Å². The molecule has 0 aromatic heterocycles. The predicted molar refractivity (Wildman–Crippen MR) is 94.9 cm³/mol. The third kappa shape index (κ3) is 5.22. The largest absolute Gasteiger partial charge is 0.365 e. The van der Waals surface area contributed by atoms with Gasteiger partial charge in [0.05, 0.1) is 6.10 Å². The van der Waals surface area contributed by atoms with Crippen LogP contribution in [0, 0.1) is 0 Å². The maximum atomic E-state index is 12.4. The molecule has 0 saturated heterocycles. The van der Waals surface area contributed by atoms with E-state index in [9.17, 15) is 4.79 Å². The molecule has 0 spiro atoms. The number of carbonyl (C=O) groups is 1. The summed E-state index contributed by atoms with van der Waals surface area (Å²) in [4.78, 5) is 12.4. The lowest BCUT2D eigenvalue weighted by molar-refractivity contribution is -0.137. The quantitative estimate of drug-likeness (QED) is 0.797. The van der Waals surface area contributed by atoms with Crippen molar-refractivity contribution in [2.75, 3.05) is 6.54 Å². The number of rotatable bonds is 7. The number of benzene rings is 1. The smallest absolute Gasteiger partial charge is 0.249 e. The SMILES string of the molecule is CCC(OC1CCCC1)C(=O)NCC(C)(C)c1cccc(Cl)c1. The third-order valence-electron chi connectivity index (χ3n) is 4.63. The molecular weight excluding hydrogens is 310 g/mol. The molecule has 0 aliphatic heterocycles. The van der Waals surface area contributed by atoms with Crippen LogP contribution in [0.5, 0.6) is 0 Å². The molecule has 2 rings (SSSR count). The van der Waals surface area contributed by atoms with E-state index in [1.165, 1.54) is 12.8 Å². The summed E-state index contributed by atoms with van der Waals surface area (Å²) in [5.74, 6) is -0.00509. The second-order valence-corrected chi connectivity index (χ2v) is 7.49. The first-order chi connectivity index (χ1) is 10.9. The zero-order valence-corrected chi connectivity index (χ0v) is 15.2. The number of hydrogen-bond donors (Lipinski definition) is 1. The van der Waals surface area contributed by atoms with Gasteiger partial charge in [0.1, 0.15) is 6.10 Å². The lowest BCUT2D eigenvalue weighted by Crippen LogP contribution is -2.43. The molecule has 0 heterocycles. The number of nitrogens with one attached hydrogen (secondary N) is 1. The second-order valence-electron chi connectivity index (χ2n) is 7.05. The summed E-state index contributed by atoms with van der Waals surface area (Å²) in [5, 5.41) is 3.78. The van der Waals surface area contributed by atoms with Crippen molar-refractivity contribution in [3.8, 4) is 0 Å². The summed E-state index contributed by atoms with van der Waals surface area (Å²) in [7, 11) is 0. The van der Waals surface area contributed by atoms with Crippen molar-refractivity contribution in [3.63, 3.8) is 0 Å². The Balaban J connectivity index is 1.90. The summed E-state index contributed by atoms with van der Waals surface area (Å²) in [6, 6.07) is 7.81. The van der Waals surface area contributed by atoms with Crippen molar-refractivity contribution < 1.29 is 9.53 Å². The second kappa shape index (κ2) is 8.16. The van der Waals surface area contributed by atoms with Crippen LogP contribution in [0.1, 0.15) is 58.4 Å². The van der Waals surface area contributed by atoms with Gasteiger partial charge in [0.2, 0.25) is 5.91 Å². The van der Waals surface area contributed by atoms with Crippen molar-refractivity contribution in [2.24, 2.45) is 0 Å². The predicted octanol–water partition coefficient (Wildman–Crippen LogP) is 4.47. The average Bonchev–Trinajstić information content (AvgIpc) is 3.03. The lowest BCUT2D eigenvalue weighted by Gasteiger charge is -2.27. The molecule has 1 N–H and O–H groups in total. The molecule has 128 valence electrons. The molecule has 1 atom stereocenters. The van der Waals surface area contributed by atoms with Crippen LogP contribution in [0.4, 0.5) is 0 Å². The first kappa shape index (κ1) is 18.3. The van der Waals surface area contributed by atoms with Crippen LogP contribution in [0.25, 0.3) is 0 Å². The molecule has 1 aromatic carbocycles. The van der Waals surface area contributed by atoms with Gasteiger partial charge >= 0.3 is 0 Å². The minimum atomic E-state index is -0.340. The van der Waals surface area contributed by atoms with E-state index >= 15 is 0 Å². The van der Waals surface area contributed by atoms with E-state index < -0.39 is 0 Å². The van der Waals surface area contributed by atoms with Gasteiger partial charge in [0.15, 0.2) is 0 Å². The molecule has 23 heavy (non-hydrogen) atoms. The minimum absolute atomic E-state index is 0.00509. The van der Waals surface area contributed by atoms with Crippen LogP contribution < -0.4 is 5.32 Å². The fraction of sp³-hybridized carbons (Fsp3) is 0.632. The van der Waals surface area contributed by atoms with Crippen molar-refractivity contribution in [1.82, 2.24) is 5.32 Å².